The predicted molar refractivity (Wildman–Crippen MR) is 111 cm³/mol. The van der Waals surface area contributed by atoms with Gasteiger partial charge in [-0.1, -0.05) is 48.0 Å². The number of carbonyl (C=O) groups excluding carboxylic acids is 3. The summed E-state index contributed by atoms with van der Waals surface area (Å²) in [6.45, 7) is 1.39. The van der Waals surface area contributed by atoms with E-state index >= 15 is 0 Å². The van der Waals surface area contributed by atoms with Crippen LogP contribution in [-0.4, -0.2) is 34.3 Å². The lowest BCUT2D eigenvalue weighted by Crippen LogP contribution is -2.37. The second kappa shape index (κ2) is 9.33. The van der Waals surface area contributed by atoms with Crippen molar-refractivity contribution < 1.29 is 19.1 Å². The number of primary amides is 1. The molecule has 0 aliphatic carbocycles. The van der Waals surface area contributed by atoms with Gasteiger partial charge in [-0.2, -0.15) is 5.10 Å². The smallest absolute Gasteiger partial charge is 0.331 e. The first-order chi connectivity index (χ1) is 14.4. The van der Waals surface area contributed by atoms with E-state index in [-0.39, 0.29) is 0 Å². The topological polar surface area (TPSA) is 116 Å². The van der Waals surface area contributed by atoms with Gasteiger partial charge in [-0.05, 0) is 25.1 Å². The molecule has 3 amide bonds. The van der Waals surface area contributed by atoms with E-state index in [9.17, 15) is 14.4 Å². The third kappa shape index (κ3) is 5.41. The van der Waals surface area contributed by atoms with E-state index in [1.54, 1.807) is 17.0 Å². The maximum atomic E-state index is 11.9. The van der Waals surface area contributed by atoms with Crippen molar-refractivity contribution in [2.45, 2.75) is 6.92 Å². The maximum Gasteiger partial charge on any atom is 0.331 e. The van der Waals surface area contributed by atoms with Crippen LogP contribution >= 0.6 is 0 Å². The number of nitrogens with two attached hydrogens (primary N) is 1. The van der Waals surface area contributed by atoms with Crippen LogP contribution in [0.3, 0.4) is 0 Å². The van der Waals surface area contributed by atoms with Gasteiger partial charge < -0.3 is 10.5 Å². The number of rotatable bonds is 6. The first kappa shape index (κ1) is 20.5. The Balaban J connectivity index is 1.83. The molecule has 3 N–H and O–H groups in total. The normalized spacial score (nSPS) is 10.7. The van der Waals surface area contributed by atoms with Crippen LogP contribution < -0.4 is 11.1 Å². The van der Waals surface area contributed by atoms with Crippen molar-refractivity contribution in [3.05, 3.63) is 78.0 Å². The van der Waals surface area contributed by atoms with Gasteiger partial charge in [-0.15, -0.1) is 0 Å². The van der Waals surface area contributed by atoms with Crippen LogP contribution in [-0.2, 0) is 14.3 Å². The summed E-state index contributed by atoms with van der Waals surface area (Å²) in [5, 5.41) is 6.48. The molecule has 3 rings (SSSR count). The summed E-state index contributed by atoms with van der Waals surface area (Å²) in [4.78, 5) is 33.9. The Labute approximate surface area is 173 Å². The molecule has 30 heavy (non-hydrogen) atoms. The van der Waals surface area contributed by atoms with Crippen LogP contribution in [0.25, 0.3) is 23.0 Å². The van der Waals surface area contributed by atoms with Crippen LogP contribution in [0.5, 0.6) is 0 Å². The van der Waals surface area contributed by atoms with E-state index in [0.717, 1.165) is 16.8 Å². The average Bonchev–Trinajstić information content (AvgIpc) is 3.16. The Morgan fingerprint density at radius 3 is 2.47 bits per heavy atom. The second-order valence-corrected chi connectivity index (χ2v) is 6.43. The van der Waals surface area contributed by atoms with Crippen molar-refractivity contribution in [2.75, 3.05) is 6.61 Å². The fourth-order valence-electron chi connectivity index (χ4n) is 2.67. The molecule has 1 aromatic heterocycles. The lowest BCUT2D eigenvalue weighted by molar-refractivity contribution is -0.143. The molecular formula is C22H20N4O4. The van der Waals surface area contributed by atoms with Crippen LogP contribution in [0.2, 0.25) is 0 Å². The lowest BCUT2D eigenvalue weighted by atomic mass is 10.1. The number of amides is 3. The Hall–Kier alpha value is -4.20. The minimum atomic E-state index is -1.01. The Bertz CT molecular complexity index is 1090. The number of esters is 1. The number of hydrogen-bond acceptors (Lipinski definition) is 5. The highest BCUT2D eigenvalue weighted by Crippen LogP contribution is 2.25. The summed E-state index contributed by atoms with van der Waals surface area (Å²) in [5.74, 6) is -1.54. The molecular weight excluding hydrogens is 384 g/mol. The minimum absolute atomic E-state index is 0.611. The van der Waals surface area contributed by atoms with Crippen LogP contribution in [0.15, 0.2) is 66.9 Å². The SMILES string of the molecule is Cc1ccc(-c2nn(-c3ccccc3)cc2/C=C/C(=O)OCC(=O)NC(N)=O)cc1. The molecule has 152 valence electrons. The number of benzene rings is 2. The molecule has 0 fully saturated rings. The number of urea groups is 1. The molecule has 0 radical (unpaired) electrons. The van der Waals surface area contributed by atoms with E-state index in [0.29, 0.717) is 11.3 Å². The van der Waals surface area contributed by atoms with Gasteiger partial charge in [0.1, 0.15) is 0 Å². The second-order valence-electron chi connectivity index (χ2n) is 6.43. The van der Waals surface area contributed by atoms with Crippen molar-refractivity contribution in [3.8, 4) is 16.9 Å². The van der Waals surface area contributed by atoms with Gasteiger partial charge in [-0.3, -0.25) is 10.1 Å². The fourth-order valence-corrected chi connectivity index (χ4v) is 2.67. The molecule has 0 saturated carbocycles. The van der Waals surface area contributed by atoms with E-state index in [1.807, 2.05) is 66.8 Å². The monoisotopic (exact) mass is 404 g/mol. The number of para-hydroxylation sites is 1. The number of hydrogen-bond donors (Lipinski definition) is 2. The summed E-state index contributed by atoms with van der Waals surface area (Å²) in [6.07, 6.45) is 4.56. The number of nitrogens with zero attached hydrogens (tertiary/aromatic N) is 2. The van der Waals surface area contributed by atoms with Crippen LogP contribution in [0.4, 0.5) is 4.79 Å². The van der Waals surface area contributed by atoms with Gasteiger partial charge in [0.05, 0.1) is 11.4 Å². The number of aryl methyl sites for hydroxylation is 1. The summed E-state index contributed by atoms with van der Waals surface area (Å²) in [7, 11) is 0. The molecule has 1 heterocycles. The lowest BCUT2D eigenvalue weighted by Gasteiger charge is -2.02. The van der Waals surface area contributed by atoms with Crippen molar-refractivity contribution in [1.29, 1.82) is 0 Å². The van der Waals surface area contributed by atoms with E-state index < -0.39 is 24.5 Å². The summed E-state index contributed by atoms with van der Waals surface area (Å²) in [5.41, 5.74) is 9.10. The van der Waals surface area contributed by atoms with Crippen molar-refractivity contribution in [2.24, 2.45) is 5.73 Å². The zero-order valence-electron chi connectivity index (χ0n) is 16.2. The van der Waals surface area contributed by atoms with Crippen molar-refractivity contribution in [3.63, 3.8) is 0 Å². The first-order valence-corrected chi connectivity index (χ1v) is 9.08. The number of nitrogens with one attached hydrogen (secondary N) is 1. The standard InChI is InChI=1S/C22H20N4O4/c1-15-7-9-16(10-8-15)21-17(13-26(25-21)18-5-3-2-4-6-18)11-12-20(28)30-14-19(27)24-22(23)29/h2-13H,14H2,1H3,(H3,23,24,27,29)/b12-11+. The third-order valence-electron chi connectivity index (χ3n) is 4.10. The molecule has 0 bridgehead atoms. The zero-order valence-corrected chi connectivity index (χ0v) is 16.2. The van der Waals surface area contributed by atoms with Crippen LogP contribution in [0.1, 0.15) is 11.1 Å². The fraction of sp³-hybridized carbons (Fsp3) is 0.0909. The highest BCUT2D eigenvalue weighted by molar-refractivity contribution is 5.96. The molecule has 0 spiro atoms. The quantitative estimate of drug-likeness (QED) is 0.484. The molecule has 8 nitrogen and oxygen atoms in total. The Kier molecular flexibility index (Phi) is 6.39. The predicted octanol–water partition coefficient (Wildman–Crippen LogP) is 2.60. The molecule has 3 aromatic rings. The molecule has 2 aromatic carbocycles. The number of ether oxygens (including phenoxy) is 1. The molecule has 0 atom stereocenters. The molecule has 0 saturated heterocycles. The summed E-state index contributed by atoms with van der Waals surface area (Å²) < 4.78 is 6.53. The molecule has 0 unspecified atom stereocenters. The highest BCUT2D eigenvalue weighted by atomic mass is 16.5. The maximum absolute atomic E-state index is 11.9. The molecule has 0 aliphatic rings. The van der Waals surface area contributed by atoms with Gasteiger partial charge in [-0.25, -0.2) is 14.3 Å². The van der Waals surface area contributed by atoms with Gasteiger partial charge >= 0.3 is 12.0 Å². The number of carbonyl (C=O) groups is 3. The Morgan fingerprint density at radius 2 is 1.80 bits per heavy atom. The van der Waals surface area contributed by atoms with E-state index in [4.69, 9.17) is 10.5 Å². The van der Waals surface area contributed by atoms with Crippen LogP contribution in [0, 0.1) is 6.92 Å². The van der Waals surface area contributed by atoms with Gasteiger partial charge in [0.15, 0.2) is 6.61 Å². The number of imide groups is 1. The Morgan fingerprint density at radius 1 is 1.10 bits per heavy atom. The largest absolute Gasteiger partial charge is 0.452 e. The van der Waals surface area contributed by atoms with E-state index in [2.05, 4.69) is 5.10 Å². The van der Waals surface area contributed by atoms with Gasteiger partial charge in [0.2, 0.25) is 0 Å². The minimum Gasteiger partial charge on any atom is -0.452 e. The summed E-state index contributed by atoms with van der Waals surface area (Å²) >= 11 is 0. The van der Waals surface area contributed by atoms with Crippen molar-refractivity contribution in [1.82, 2.24) is 15.1 Å². The van der Waals surface area contributed by atoms with Crippen molar-refractivity contribution >= 4 is 24.0 Å². The third-order valence-corrected chi connectivity index (χ3v) is 4.10. The number of aromatic nitrogens is 2. The average molecular weight is 404 g/mol. The van der Waals surface area contributed by atoms with E-state index in [1.165, 1.54) is 6.08 Å². The summed E-state index contributed by atoms with van der Waals surface area (Å²) in [6, 6.07) is 16.4. The van der Waals surface area contributed by atoms with Gasteiger partial charge in [0.25, 0.3) is 5.91 Å². The molecule has 0 aliphatic heterocycles. The highest BCUT2D eigenvalue weighted by Gasteiger charge is 2.12. The van der Waals surface area contributed by atoms with Gasteiger partial charge in [0, 0.05) is 23.4 Å². The zero-order chi connectivity index (χ0) is 21.5. The first-order valence-electron chi connectivity index (χ1n) is 9.08. The molecule has 8 heteroatoms.